The molecule has 2 atom stereocenters. The standard InChI is InChI=1S/C18H23N3/c1-2-6-16-14(5-1)8-9-15(20-16)13-19-17-10-12-21-11-4-3-7-18(17)21/h1-2,5-6,8-9,17-19H,3-4,7,10-13H2. The summed E-state index contributed by atoms with van der Waals surface area (Å²) in [5.41, 5.74) is 2.26. The summed E-state index contributed by atoms with van der Waals surface area (Å²) in [6, 6.07) is 14.1. The van der Waals surface area contributed by atoms with Crippen molar-refractivity contribution in [2.24, 2.45) is 0 Å². The molecular weight excluding hydrogens is 258 g/mol. The Labute approximate surface area is 126 Å². The van der Waals surface area contributed by atoms with Crippen molar-refractivity contribution in [3.05, 3.63) is 42.1 Å². The average molecular weight is 281 g/mol. The Morgan fingerprint density at radius 2 is 2.00 bits per heavy atom. The third-order valence-corrected chi connectivity index (χ3v) is 5.06. The molecule has 1 N–H and O–H groups in total. The van der Waals surface area contributed by atoms with E-state index in [0.717, 1.165) is 23.8 Å². The van der Waals surface area contributed by atoms with Crippen LogP contribution in [0.25, 0.3) is 10.9 Å². The van der Waals surface area contributed by atoms with Crippen molar-refractivity contribution in [2.75, 3.05) is 13.1 Å². The Morgan fingerprint density at radius 1 is 1.05 bits per heavy atom. The lowest BCUT2D eigenvalue weighted by Gasteiger charge is -2.32. The molecule has 2 aliphatic rings. The van der Waals surface area contributed by atoms with Gasteiger partial charge in [-0.3, -0.25) is 9.88 Å². The van der Waals surface area contributed by atoms with Gasteiger partial charge in [-0.1, -0.05) is 30.7 Å². The zero-order chi connectivity index (χ0) is 14.1. The number of hydrogen-bond donors (Lipinski definition) is 1. The molecule has 1 aromatic carbocycles. The van der Waals surface area contributed by atoms with Crippen LogP contribution < -0.4 is 5.32 Å². The quantitative estimate of drug-likeness (QED) is 0.937. The Hall–Kier alpha value is -1.45. The molecule has 0 aliphatic carbocycles. The van der Waals surface area contributed by atoms with E-state index in [1.807, 2.05) is 0 Å². The molecule has 4 rings (SSSR count). The molecule has 21 heavy (non-hydrogen) atoms. The van der Waals surface area contributed by atoms with Crippen LogP contribution in [-0.4, -0.2) is 35.1 Å². The second kappa shape index (κ2) is 5.74. The molecule has 2 fully saturated rings. The number of benzene rings is 1. The molecule has 0 radical (unpaired) electrons. The molecule has 0 bridgehead atoms. The van der Waals surface area contributed by atoms with E-state index in [4.69, 9.17) is 4.98 Å². The van der Waals surface area contributed by atoms with Crippen molar-refractivity contribution >= 4 is 10.9 Å². The summed E-state index contributed by atoms with van der Waals surface area (Å²) < 4.78 is 0. The third kappa shape index (κ3) is 2.68. The Bertz CT molecular complexity index is 625. The maximum atomic E-state index is 4.76. The number of hydrogen-bond acceptors (Lipinski definition) is 3. The summed E-state index contributed by atoms with van der Waals surface area (Å²) in [5, 5.41) is 4.98. The lowest BCUT2D eigenvalue weighted by atomic mass is 9.99. The lowest BCUT2D eigenvalue weighted by molar-refractivity contribution is 0.180. The average Bonchev–Trinajstić information content (AvgIpc) is 2.96. The van der Waals surface area contributed by atoms with Crippen LogP contribution in [-0.2, 0) is 6.54 Å². The number of rotatable bonds is 3. The van der Waals surface area contributed by atoms with Gasteiger partial charge in [0.05, 0.1) is 11.2 Å². The van der Waals surface area contributed by atoms with Gasteiger partial charge in [0.1, 0.15) is 0 Å². The second-order valence-electron chi connectivity index (χ2n) is 6.37. The predicted molar refractivity (Wildman–Crippen MR) is 86.2 cm³/mol. The smallest absolute Gasteiger partial charge is 0.0705 e. The molecule has 0 amide bonds. The minimum atomic E-state index is 0.651. The topological polar surface area (TPSA) is 28.2 Å². The molecule has 2 saturated heterocycles. The molecule has 110 valence electrons. The van der Waals surface area contributed by atoms with Gasteiger partial charge in [0.2, 0.25) is 0 Å². The van der Waals surface area contributed by atoms with Gasteiger partial charge in [0.25, 0.3) is 0 Å². The first-order valence-electron chi connectivity index (χ1n) is 8.22. The van der Waals surface area contributed by atoms with E-state index in [2.05, 4.69) is 46.6 Å². The maximum absolute atomic E-state index is 4.76. The van der Waals surface area contributed by atoms with E-state index < -0.39 is 0 Å². The number of piperidine rings is 1. The number of aromatic nitrogens is 1. The predicted octanol–water partition coefficient (Wildman–Crippen LogP) is 2.95. The van der Waals surface area contributed by atoms with Crippen molar-refractivity contribution in [1.29, 1.82) is 0 Å². The number of pyridine rings is 1. The van der Waals surface area contributed by atoms with Gasteiger partial charge in [0.15, 0.2) is 0 Å². The van der Waals surface area contributed by atoms with Crippen molar-refractivity contribution in [3.63, 3.8) is 0 Å². The Balaban J connectivity index is 1.43. The van der Waals surface area contributed by atoms with E-state index in [0.29, 0.717) is 6.04 Å². The summed E-state index contributed by atoms with van der Waals surface area (Å²) in [4.78, 5) is 7.44. The van der Waals surface area contributed by atoms with E-state index in [9.17, 15) is 0 Å². The number of nitrogens with zero attached hydrogens (tertiary/aromatic N) is 2. The monoisotopic (exact) mass is 281 g/mol. The van der Waals surface area contributed by atoms with Crippen molar-refractivity contribution in [3.8, 4) is 0 Å². The highest BCUT2D eigenvalue weighted by atomic mass is 15.2. The highest BCUT2D eigenvalue weighted by Crippen LogP contribution is 2.27. The van der Waals surface area contributed by atoms with Crippen LogP contribution in [0.5, 0.6) is 0 Å². The third-order valence-electron chi connectivity index (χ3n) is 5.06. The van der Waals surface area contributed by atoms with Crippen LogP contribution in [0.1, 0.15) is 31.4 Å². The van der Waals surface area contributed by atoms with Gasteiger partial charge in [-0.15, -0.1) is 0 Å². The van der Waals surface area contributed by atoms with Crippen molar-refractivity contribution < 1.29 is 0 Å². The van der Waals surface area contributed by atoms with E-state index in [1.54, 1.807) is 0 Å². The molecule has 2 unspecified atom stereocenters. The van der Waals surface area contributed by atoms with Crippen LogP contribution in [0.4, 0.5) is 0 Å². The molecular formula is C18H23N3. The molecule has 2 aromatic rings. The fraction of sp³-hybridized carbons (Fsp3) is 0.500. The zero-order valence-electron chi connectivity index (χ0n) is 12.5. The minimum absolute atomic E-state index is 0.651. The van der Waals surface area contributed by atoms with Gasteiger partial charge in [-0.2, -0.15) is 0 Å². The minimum Gasteiger partial charge on any atom is -0.307 e. The van der Waals surface area contributed by atoms with Crippen LogP contribution in [0.2, 0.25) is 0 Å². The first-order chi connectivity index (χ1) is 10.4. The van der Waals surface area contributed by atoms with Gasteiger partial charge in [-0.25, -0.2) is 0 Å². The Morgan fingerprint density at radius 3 is 3.00 bits per heavy atom. The van der Waals surface area contributed by atoms with Gasteiger partial charge < -0.3 is 5.32 Å². The van der Waals surface area contributed by atoms with Gasteiger partial charge in [0, 0.05) is 30.6 Å². The second-order valence-corrected chi connectivity index (χ2v) is 6.37. The van der Waals surface area contributed by atoms with E-state index in [1.165, 1.54) is 44.2 Å². The number of fused-ring (bicyclic) bond motifs is 2. The maximum Gasteiger partial charge on any atom is 0.0705 e. The summed E-state index contributed by atoms with van der Waals surface area (Å²) in [7, 11) is 0. The molecule has 3 heteroatoms. The van der Waals surface area contributed by atoms with Gasteiger partial charge >= 0.3 is 0 Å². The summed E-state index contributed by atoms with van der Waals surface area (Å²) in [6.45, 7) is 3.46. The highest BCUT2D eigenvalue weighted by Gasteiger charge is 2.34. The number of para-hydroxylation sites is 1. The molecule has 1 aromatic heterocycles. The van der Waals surface area contributed by atoms with E-state index >= 15 is 0 Å². The van der Waals surface area contributed by atoms with E-state index in [-0.39, 0.29) is 0 Å². The fourth-order valence-corrected chi connectivity index (χ4v) is 3.93. The lowest BCUT2D eigenvalue weighted by Crippen LogP contribution is -2.44. The Kier molecular flexibility index (Phi) is 3.62. The zero-order valence-corrected chi connectivity index (χ0v) is 12.5. The van der Waals surface area contributed by atoms with Crippen LogP contribution in [0.3, 0.4) is 0 Å². The van der Waals surface area contributed by atoms with Crippen LogP contribution in [0.15, 0.2) is 36.4 Å². The summed E-state index contributed by atoms with van der Waals surface area (Å²) >= 11 is 0. The molecule has 2 aliphatic heterocycles. The van der Waals surface area contributed by atoms with Crippen molar-refractivity contribution in [2.45, 2.75) is 44.3 Å². The SMILES string of the molecule is c1ccc2nc(CNC3CCN4CCCCC34)ccc2c1. The first kappa shape index (κ1) is 13.2. The van der Waals surface area contributed by atoms with Crippen LogP contribution >= 0.6 is 0 Å². The largest absolute Gasteiger partial charge is 0.307 e. The first-order valence-corrected chi connectivity index (χ1v) is 8.22. The molecule has 0 saturated carbocycles. The molecule has 0 spiro atoms. The van der Waals surface area contributed by atoms with Gasteiger partial charge in [-0.05, 0) is 37.9 Å². The number of nitrogens with one attached hydrogen (secondary N) is 1. The summed E-state index contributed by atoms with van der Waals surface area (Å²) in [6.07, 6.45) is 5.43. The summed E-state index contributed by atoms with van der Waals surface area (Å²) in [5.74, 6) is 0. The van der Waals surface area contributed by atoms with Crippen molar-refractivity contribution in [1.82, 2.24) is 15.2 Å². The molecule has 3 heterocycles. The highest BCUT2D eigenvalue weighted by molar-refractivity contribution is 5.78. The molecule has 3 nitrogen and oxygen atoms in total. The van der Waals surface area contributed by atoms with Crippen LogP contribution in [0, 0.1) is 0 Å². The fourth-order valence-electron chi connectivity index (χ4n) is 3.93. The normalized spacial score (nSPS) is 26.1.